The second-order valence-corrected chi connectivity index (χ2v) is 0. The predicted molar refractivity (Wildman–Crippen MR) is 0 cm³/mol. The van der Waals surface area contributed by atoms with Crippen molar-refractivity contribution in [2.75, 3.05) is 0 Å². The van der Waals surface area contributed by atoms with Crippen molar-refractivity contribution in [3.8, 4) is 0 Å². The third-order valence-corrected chi connectivity index (χ3v) is 0. The third kappa shape index (κ3) is 9.02. The Kier molecular flexibility index (Phi) is 107. The standard InChI is InChI=1S/2ClH.Eu.La/h2*1H;;/q;;2*+3/p-2. The Hall–Kier alpha value is 3.36. The van der Waals surface area contributed by atoms with Gasteiger partial charge < -0.3 is 24.8 Å². The van der Waals surface area contributed by atoms with Crippen LogP contribution in [0.4, 0.5) is 0 Å². The van der Waals surface area contributed by atoms with E-state index in [1.54, 1.807) is 0 Å². The van der Waals surface area contributed by atoms with Gasteiger partial charge in [-0.25, -0.2) is 0 Å². The van der Waals surface area contributed by atoms with Gasteiger partial charge in [0.15, 0.2) is 0 Å². The van der Waals surface area contributed by atoms with Crippen molar-refractivity contribution in [2.24, 2.45) is 0 Å². The molecule has 0 atom stereocenters. The minimum absolute atomic E-state index is 0. The fraction of sp³-hybridized carbons (Fsp3) is 0. The number of hydrogen-bond donors (Lipinski definition) is 0. The fourth-order valence-electron chi connectivity index (χ4n) is 0. The SMILES string of the molecule is [Cl-].[Cl-].[Eu+3].[La+3]. The zero-order valence-corrected chi connectivity index (χ0v) is 9.27. The van der Waals surface area contributed by atoms with Gasteiger partial charge in [0.25, 0.3) is 0 Å². The van der Waals surface area contributed by atoms with E-state index in [1.165, 1.54) is 0 Å². The molecule has 0 bridgehead atoms. The van der Waals surface area contributed by atoms with Gasteiger partial charge in [-0.1, -0.05) is 0 Å². The van der Waals surface area contributed by atoms with Gasteiger partial charge in [-0.05, 0) is 0 Å². The molecule has 0 fully saturated rings. The molecule has 0 aromatic heterocycles. The summed E-state index contributed by atoms with van der Waals surface area (Å²) in [6.45, 7) is 0. The van der Waals surface area contributed by atoms with E-state index in [1.807, 2.05) is 0 Å². The first-order chi connectivity index (χ1) is 0. The number of halogens is 2. The van der Waals surface area contributed by atoms with E-state index < -0.39 is 0 Å². The number of hydrogen-bond acceptors (Lipinski definition) is 0. The molecule has 0 spiro atoms. The summed E-state index contributed by atoms with van der Waals surface area (Å²) >= 11 is 0. The maximum atomic E-state index is 0. The summed E-state index contributed by atoms with van der Waals surface area (Å²) < 4.78 is 0. The van der Waals surface area contributed by atoms with Crippen LogP contribution < -0.4 is 24.8 Å². The second-order valence-electron chi connectivity index (χ2n) is 0. The minimum atomic E-state index is 0. The Labute approximate surface area is 107 Å². The van der Waals surface area contributed by atoms with Gasteiger partial charge in [0.1, 0.15) is 0 Å². The van der Waals surface area contributed by atoms with Gasteiger partial charge in [-0.3, -0.25) is 0 Å². The molecular weight excluding hydrogens is 362 g/mol. The zero-order chi connectivity index (χ0) is 0. The molecule has 0 aliphatic rings. The van der Waals surface area contributed by atoms with Gasteiger partial charge in [-0.2, -0.15) is 0 Å². The van der Waals surface area contributed by atoms with Crippen molar-refractivity contribution in [2.45, 2.75) is 0 Å². The van der Waals surface area contributed by atoms with Gasteiger partial charge in [0.2, 0.25) is 0 Å². The molecule has 0 radical (unpaired) electrons. The maximum absolute atomic E-state index is 0. The first-order valence-corrected chi connectivity index (χ1v) is 0. The van der Waals surface area contributed by atoms with E-state index >= 15 is 0 Å². The Morgan fingerprint density at radius 1 is 0.750 bits per heavy atom. The van der Waals surface area contributed by atoms with Gasteiger partial charge >= 0.3 is 85.0 Å². The summed E-state index contributed by atoms with van der Waals surface area (Å²) in [5.74, 6) is 0. The summed E-state index contributed by atoms with van der Waals surface area (Å²) in [7, 11) is 0. The van der Waals surface area contributed by atoms with Crippen LogP contribution in [0.15, 0.2) is 0 Å². The quantitative estimate of drug-likeness (QED) is 0.403. The van der Waals surface area contributed by atoms with Crippen molar-refractivity contribution in [1.82, 2.24) is 0 Å². The van der Waals surface area contributed by atoms with Gasteiger partial charge in [0, 0.05) is 0 Å². The van der Waals surface area contributed by atoms with Crippen LogP contribution in [0, 0.1) is 85.0 Å². The molecule has 0 aliphatic heterocycles. The average Bonchev–Trinajstić information content (AvgIpc) is 0. The van der Waals surface area contributed by atoms with Crippen molar-refractivity contribution in [3.63, 3.8) is 0 Å². The molecule has 0 saturated heterocycles. The summed E-state index contributed by atoms with van der Waals surface area (Å²) in [6, 6.07) is 0. The molecule has 0 nitrogen and oxygen atoms in total. The van der Waals surface area contributed by atoms with Crippen LogP contribution >= 0.6 is 0 Å². The average molecular weight is 362 g/mol. The van der Waals surface area contributed by atoms with Crippen molar-refractivity contribution in [3.05, 3.63) is 0 Å². The van der Waals surface area contributed by atoms with Crippen LogP contribution in [0.1, 0.15) is 0 Å². The first kappa shape index (κ1) is 26.4. The Morgan fingerprint density at radius 2 is 0.750 bits per heavy atom. The molecule has 0 N–H and O–H groups in total. The second kappa shape index (κ2) is 16.2. The van der Waals surface area contributed by atoms with E-state index in [0.29, 0.717) is 0 Å². The molecule has 0 aromatic rings. The summed E-state index contributed by atoms with van der Waals surface area (Å²) in [5, 5.41) is 0. The van der Waals surface area contributed by atoms with Crippen LogP contribution in [-0.4, -0.2) is 0 Å². The van der Waals surface area contributed by atoms with Crippen molar-refractivity contribution < 1.29 is 110 Å². The van der Waals surface area contributed by atoms with Crippen molar-refractivity contribution in [1.29, 1.82) is 0 Å². The van der Waals surface area contributed by atoms with Gasteiger partial charge in [-0.15, -0.1) is 0 Å². The molecular formula is Cl2EuLa+4. The summed E-state index contributed by atoms with van der Waals surface area (Å²) in [6.07, 6.45) is 0. The molecule has 0 saturated carbocycles. The smallest absolute Gasteiger partial charge is 1.00 e. The summed E-state index contributed by atoms with van der Waals surface area (Å²) in [4.78, 5) is 0. The largest absolute Gasteiger partial charge is 3.00 e. The monoisotopic (exact) mass is 362 g/mol. The molecule has 0 unspecified atom stereocenters. The molecule has 0 aliphatic carbocycles. The molecule has 4 heteroatoms. The molecule has 0 rings (SSSR count). The van der Waals surface area contributed by atoms with Crippen molar-refractivity contribution >= 4 is 0 Å². The van der Waals surface area contributed by atoms with Crippen LogP contribution in [0.5, 0.6) is 0 Å². The van der Waals surface area contributed by atoms with E-state index in [9.17, 15) is 0 Å². The number of rotatable bonds is 0. The van der Waals surface area contributed by atoms with E-state index in [4.69, 9.17) is 0 Å². The Morgan fingerprint density at radius 3 is 0.750 bits per heavy atom. The third-order valence-electron chi connectivity index (χ3n) is 0. The molecule has 20 valence electrons. The predicted octanol–water partition coefficient (Wildman–Crippen LogP) is -5.99. The fourth-order valence-corrected chi connectivity index (χ4v) is 0. The molecule has 0 aromatic carbocycles. The van der Waals surface area contributed by atoms with Crippen LogP contribution in [0.2, 0.25) is 0 Å². The van der Waals surface area contributed by atoms with E-state index in [0.717, 1.165) is 0 Å². The first-order valence-electron chi connectivity index (χ1n) is 0. The van der Waals surface area contributed by atoms with E-state index in [-0.39, 0.29) is 110 Å². The van der Waals surface area contributed by atoms with E-state index in [2.05, 4.69) is 0 Å². The molecule has 4 heavy (non-hydrogen) atoms. The zero-order valence-electron chi connectivity index (χ0n) is 1.71. The van der Waals surface area contributed by atoms with Gasteiger partial charge in [0.05, 0.1) is 0 Å². The minimum Gasteiger partial charge on any atom is -1.00 e. The molecule has 0 amide bonds. The van der Waals surface area contributed by atoms with Crippen LogP contribution in [-0.2, 0) is 0 Å². The maximum Gasteiger partial charge on any atom is 3.00 e. The Balaban J connectivity index is 0. The normalized spacial score (nSPS) is 0. The van der Waals surface area contributed by atoms with Crippen LogP contribution in [0.25, 0.3) is 0 Å². The molecule has 0 heterocycles. The Bertz CT molecular complexity index is 6.00. The summed E-state index contributed by atoms with van der Waals surface area (Å²) in [5.41, 5.74) is 0. The van der Waals surface area contributed by atoms with Crippen LogP contribution in [0.3, 0.4) is 0 Å². The topological polar surface area (TPSA) is 0 Å².